The highest BCUT2D eigenvalue weighted by Gasteiger charge is 2.03. The molecule has 2 heteroatoms. The molecule has 0 radical (unpaired) electrons. The van der Waals surface area contributed by atoms with E-state index >= 15 is 0 Å². The van der Waals surface area contributed by atoms with Gasteiger partial charge in [-0.2, -0.15) is 0 Å². The van der Waals surface area contributed by atoms with Crippen molar-refractivity contribution in [2.75, 3.05) is 13.2 Å². The Morgan fingerprint density at radius 1 is 1.05 bits per heavy atom. The van der Waals surface area contributed by atoms with Crippen LogP contribution in [0, 0.1) is 0 Å². The summed E-state index contributed by atoms with van der Waals surface area (Å²) in [6, 6.07) is 9.30. The van der Waals surface area contributed by atoms with Gasteiger partial charge in [0.25, 0.3) is 0 Å². The van der Waals surface area contributed by atoms with Crippen LogP contribution in [0.15, 0.2) is 24.3 Å². The van der Waals surface area contributed by atoms with Gasteiger partial charge in [-0.15, -0.1) is 0 Å². The van der Waals surface area contributed by atoms with Gasteiger partial charge in [-0.05, 0) is 43.4 Å². The fourth-order valence-corrected chi connectivity index (χ4v) is 1.97. The van der Waals surface area contributed by atoms with Crippen molar-refractivity contribution in [3.05, 3.63) is 29.8 Å². The van der Waals surface area contributed by atoms with Gasteiger partial charge in [-0.3, -0.25) is 0 Å². The summed E-state index contributed by atoms with van der Waals surface area (Å²) in [6.45, 7) is 11.0. The Morgan fingerprint density at radius 2 is 1.74 bits per heavy atom. The van der Waals surface area contributed by atoms with Crippen LogP contribution in [-0.4, -0.2) is 19.2 Å². The van der Waals surface area contributed by atoms with Crippen LogP contribution in [0.25, 0.3) is 0 Å². The van der Waals surface area contributed by atoms with Crippen molar-refractivity contribution >= 4 is 0 Å². The summed E-state index contributed by atoms with van der Waals surface area (Å²) in [5, 5.41) is 2.40. The lowest BCUT2D eigenvalue weighted by atomic mass is 9.99. The second-order valence-corrected chi connectivity index (χ2v) is 5.49. The minimum Gasteiger partial charge on any atom is -0.493 e. The monoisotopic (exact) mass is 264 g/mol. The second kappa shape index (κ2) is 8.98. The molecule has 0 bridgehead atoms. The minimum absolute atomic E-state index is 0.638. The Morgan fingerprint density at radius 3 is 2.32 bits per heavy atom. The molecule has 1 aromatic carbocycles. The van der Waals surface area contributed by atoms with Crippen molar-refractivity contribution in [1.29, 1.82) is 0 Å². The first kappa shape index (κ1) is 16.0. The van der Waals surface area contributed by atoms with E-state index in [-0.39, 0.29) is 0 Å². The van der Waals surface area contributed by atoms with Gasteiger partial charge in [0.15, 0.2) is 0 Å². The van der Waals surface area contributed by atoms with E-state index in [0.717, 1.165) is 31.4 Å². The number of rotatable bonds is 9. The predicted octanol–water partition coefficient (Wildman–Crippen LogP) is 3.33. The lowest BCUT2D eigenvalue weighted by Gasteiger charge is -2.11. The molecular weight excluding hydrogens is 234 g/mol. The summed E-state index contributed by atoms with van der Waals surface area (Å²) in [6.07, 6.45) is 3.53. The third kappa shape index (κ3) is 6.11. The molecule has 0 heterocycles. The van der Waals surface area contributed by atoms with Gasteiger partial charge in [0.1, 0.15) is 5.75 Å². The zero-order valence-electron chi connectivity index (χ0n) is 13.0. The van der Waals surface area contributed by atoms with Crippen LogP contribution in [0.1, 0.15) is 58.4 Å². The first-order chi connectivity index (χ1) is 9.17. The molecule has 2 nitrogen and oxygen atoms in total. The average Bonchev–Trinajstić information content (AvgIpc) is 2.46. The van der Waals surface area contributed by atoms with Gasteiger partial charge in [-0.1, -0.05) is 32.9 Å². The quantitative estimate of drug-likeness (QED) is 0.680. The molecule has 0 fully saturated rings. The Kier molecular flexibility index (Phi) is 7.57. The first-order valence-corrected chi connectivity index (χ1v) is 7.73. The normalized spacial score (nSPS) is 14.1. The summed E-state index contributed by atoms with van der Waals surface area (Å²) in [5.41, 5.74) is 1.40. The van der Waals surface area contributed by atoms with Crippen molar-refractivity contribution in [2.24, 2.45) is 0 Å². The maximum Gasteiger partial charge on any atom is 0.119 e. The van der Waals surface area contributed by atoms with Crippen molar-refractivity contribution in [3.8, 4) is 5.75 Å². The molecule has 0 aliphatic carbocycles. The van der Waals surface area contributed by atoms with Crippen molar-refractivity contribution < 1.29 is 10.1 Å². The highest BCUT2D eigenvalue weighted by Crippen LogP contribution is 2.21. The van der Waals surface area contributed by atoms with Crippen molar-refractivity contribution in [2.45, 2.75) is 58.9 Å². The summed E-state index contributed by atoms with van der Waals surface area (Å²) >= 11 is 0. The number of benzene rings is 1. The third-order valence-corrected chi connectivity index (χ3v) is 3.89. The van der Waals surface area contributed by atoms with E-state index in [9.17, 15) is 0 Å². The molecule has 0 amide bonds. The summed E-state index contributed by atoms with van der Waals surface area (Å²) in [5.74, 6) is 1.63. The zero-order valence-corrected chi connectivity index (χ0v) is 13.0. The van der Waals surface area contributed by atoms with E-state index < -0.39 is 0 Å². The second-order valence-electron chi connectivity index (χ2n) is 5.49. The third-order valence-electron chi connectivity index (χ3n) is 3.89. The van der Waals surface area contributed by atoms with E-state index in [0.29, 0.717) is 5.92 Å². The molecule has 1 aromatic rings. The number of hydrogen-bond donors (Lipinski definition) is 1. The Balaban J connectivity index is 2.23. The molecule has 0 aromatic heterocycles. The molecule has 0 saturated heterocycles. The van der Waals surface area contributed by atoms with Gasteiger partial charge >= 0.3 is 0 Å². The number of ether oxygens (including phenoxy) is 1. The Bertz CT molecular complexity index is 334. The minimum atomic E-state index is 0.638. The summed E-state index contributed by atoms with van der Waals surface area (Å²) in [7, 11) is 0. The van der Waals surface area contributed by atoms with E-state index in [1.54, 1.807) is 0 Å². The fraction of sp³-hybridized carbons (Fsp3) is 0.647. The predicted molar refractivity (Wildman–Crippen MR) is 81.8 cm³/mol. The smallest absolute Gasteiger partial charge is 0.119 e. The molecule has 0 aliphatic heterocycles. The summed E-state index contributed by atoms with van der Waals surface area (Å²) in [4.78, 5) is 0. The maximum absolute atomic E-state index is 5.77. The number of nitrogens with two attached hydrogens (primary N) is 1. The molecule has 0 unspecified atom stereocenters. The highest BCUT2D eigenvalue weighted by atomic mass is 16.5. The first-order valence-electron chi connectivity index (χ1n) is 7.73. The summed E-state index contributed by atoms with van der Waals surface area (Å²) < 4.78 is 5.77. The Labute approximate surface area is 118 Å². The molecule has 19 heavy (non-hydrogen) atoms. The molecule has 0 aliphatic rings. The van der Waals surface area contributed by atoms with Crippen LogP contribution < -0.4 is 10.1 Å². The van der Waals surface area contributed by atoms with Crippen molar-refractivity contribution in [1.82, 2.24) is 0 Å². The van der Waals surface area contributed by atoms with Crippen LogP contribution in [0.2, 0.25) is 0 Å². The average molecular weight is 264 g/mol. The van der Waals surface area contributed by atoms with Crippen molar-refractivity contribution in [3.63, 3.8) is 0 Å². The molecule has 108 valence electrons. The maximum atomic E-state index is 5.77. The molecule has 0 saturated carbocycles. The standard InChI is InChI=1S/C17H29NO/c1-5-14(3)16-8-10-17(11-9-16)19-13-7-12-18-15(4)6-2/h8-11,14-15,18H,5-7,12-13H2,1-4H3/p+1/t14-,15+/m0/s1. The van der Waals surface area contributed by atoms with Crippen LogP contribution in [0.3, 0.4) is 0 Å². The lowest BCUT2D eigenvalue weighted by Crippen LogP contribution is -2.89. The molecule has 1 rings (SSSR count). The Hall–Kier alpha value is -1.02. The SMILES string of the molecule is CC[C@@H](C)[NH2+]CCCOc1ccc([C@@H](C)CC)cc1. The topological polar surface area (TPSA) is 25.8 Å². The van der Waals surface area contributed by atoms with Gasteiger partial charge < -0.3 is 10.1 Å². The van der Waals surface area contributed by atoms with Crippen LogP contribution in [0.5, 0.6) is 5.75 Å². The zero-order chi connectivity index (χ0) is 14.1. The van der Waals surface area contributed by atoms with E-state index in [1.165, 1.54) is 18.4 Å². The van der Waals surface area contributed by atoms with Gasteiger partial charge in [-0.25, -0.2) is 0 Å². The number of hydrogen-bond acceptors (Lipinski definition) is 1. The van der Waals surface area contributed by atoms with Crippen LogP contribution in [0.4, 0.5) is 0 Å². The molecular formula is C17H30NO+. The lowest BCUT2D eigenvalue weighted by molar-refractivity contribution is -0.686. The fourth-order valence-electron chi connectivity index (χ4n) is 1.97. The van der Waals surface area contributed by atoms with Gasteiger partial charge in [0, 0.05) is 6.42 Å². The molecule has 2 N–H and O–H groups in total. The van der Waals surface area contributed by atoms with E-state index in [4.69, 9.17) is 4.74 Å². The van der Waals surface area contributed by atoms with Gasteiger partial charge in [0.05, 0.1) is 19.2 Å². The largest absolute Gasteiger partial charge is 0.493 e. The van der Waals surface area contributed by atoms with E-state index in [1.807, 2.05) is 0 Å². The molecule has 2 atom stereocenters. The van der Waals surface area contributed by atoms with Crippen LogP contribution in [-0.2, 0) is 0 Å². The highest BCUT2D eigenvalue weighted by molar-refractivity contribution is 5.29. The van der Waals surface area contributed by atoms with Crippen LogP contribution >= 0.6 is 0 Å². The number of quaternary nitrogens is 1. The van der Waals surface area contributed by atoms with E-state index in [2.05, 4.69) is 57.3 Å². The molecule has 0 spiro atoms. The van der Waals surface area contributed by atoms with Gasteiger partial charge in [0.2, 0.25) is 0 Å².